The van der Waals surface area contributed by atoms with E-state index in [1.807, 2.05) is 38.5 Å². The number of hydrogen-bond acceptors (Lipinski definition) is 4. The number of imidazole rings is 1. The van der Waals surface area contributed by atoms with Crippen molar-refractivity contribution in [3.63, 3.8) is 0 Å². The summed E-state index contributed by atoms with van der Waals surface area (Å²) in [7, 11) is 3.74. The minimum absolute atomic E-state index is 0.0876. The fraction of sp³-hybridized carbons (Fsp3) is 0.500. The largest absolute Gasteiger partial charge is 0.387 e. The number of likely N-dealkylation sites (tertiary alicyclic amines) is 1. The van der Waals surface area contributed by atoms with E-state index >= 15 is 0 Å². The fourth-order valence-electron chi connectivity index (χ4n) is 3.38. The molecule has 0 saturated carbocycles. The standard InChI is InChI=1S/C18H25N3O2/c1-14(23-3)17-16(15-7-5-4-6-8-15)19-13-21(17)12-18(22)9-10-20(2)11-18/h4-8,13-14,22H,9-12H2,1-3H3. The average Bonchev–Trinajstić information content (AvgIpc) is 3.11. The van der Waals surface area contributed by atoms with Gasteiger partial charge in [0.25, 0.3) is 0 Å². The second kappa shape index (κ2) is 6.43. The molecule has 1 aliphatic rings. The van der Waals surface area contributed by atoms with Crippen LogP contribution >= 0.6 is 0 Å². The minimum Gasteiger partial charge on any atom is -0.387 e. The van der Waals surface area contributed by atoms with Crippen LogP contribution in [0, 0.1) is 0 Å². The van der Waals surface area contributed by atoms with Gasteiger partial charge in [-0.25, -0.2) is 4.98 Å². The van der Waals surface area contributed by atoms with Crippen molar-refractivity contribution in [1.82, 2.24) is 14.5 Å². The summed E-state index contributed by atoms with van der Waals surface area (Å²) in [6, 6.07) is 10.1. The van der Waals surface area contributed by atoms with E-state index < -0.39 is 5.60 Å². The van der Waals surface area contributed by atoms with Gasteiger partial charge in [0, 0.05) is 25.8 Å². The highest BCUT2D eigenvalue weighted by molar-refractivity contribution is 5.62. The summed E-state index contributed by atoms with van der Waals surface area (Å²) in [5, 5.41) is 10.8. The van der Waals surface area contributed by atoms with Gasteiger partial charge in [-0.3, -0.25) is 0 Å². The second-order valence-electron chi connectivity index (χ2n) is 6.56. The first kappa shape index (κ1) is 16.2. The lowest BCUT2D eigenvalue weighted by Crippen LogP contribution is -2.37. The van der Waals surface area contributed by atoms with Crippen LogP contribution in [-0.2, 0) is 11.3 Å². The molecule has 3 rings (SSSR count). The van der Waals surface area contributed by atoms with Gasteiger partial charge in [0.15, 0.2) is 0 Å². The predicted octanol–water partition coefficient (Wildman–Crippen LogP) is 2.32. The third-order valence-corrected chi connectivity index (χ3v) is 4.65. The molecule has 5 nitrogen and oxygen atoms in total. The van der Waals surface area contributed by atoms with Crippen LogP contribution in [0.3, 0.4) is 0 Å². The molecular weight excluding hydrogens is 290 g/mol. The van der Waals surface area contributed by atoms with Crippen molar-refractivity contribution in [3.05, 3.63) is 42.4 Å². The maximum absolute atomic E-state index is 10.8. The molecule has 2 atom stereocenters. The van der Waals surface area contributed by atoms with E-state index in [0.717, 1.165) is 29.9 Å². The average molecular weight is 315 g/mol. The quantitative estimate of drug-likeness (QED) is 0.920. The zero-order valence-electron chi connectivity index (χ0n) is 14.1. The van der Waals surface area contributed by atoms with Crippen LogP contribution in [0.2, 0.25) is 0 Å². The van der Waals surface area contributed by atoms with Crippen molar-refractivity contribution in [3.8, 4) is 11.3 Å². The van der Waals surface area contributed by atoms with Crippen LogP contribution in [-0.4, -0.2) is 52.4 Å². The van der Waals surface area contributed by atoms with Crippen LogP contribution in [0.4, 0.5) is 0 Å². The van der Waals surface area contributed by atoms with Crippen LogP contribution in [0.1, 0.15) is 25.1 Å². The van der Waals surface area contributed by atoms with Crippen LogP contribution in [0.25, 0.3) is 11.3 Å². The molecule has 1 saturated heterocycles. The molecule has 23 heavy (non-hydrogen) atoms. The van der Waals surface area contributed by atoms with Gasteiger partial charge in [0.1, 0.15) is 0 Å². The third kappa shape index (κ3) is 3.32. The Hall–Kier alpha value is -1.69. The van der Waals surface area contributed by atoms with Gasteiger partial charge in [0.2, 0.25) is 0 Å². The number of nitrogens with zero attached hydrogens (tertiary/aromatic N) is 3. The van der Waals surface area contributed by atoms with Gasteiger partial charge in [0.05, 0.1) is 36.0 Å². The Bertz CT molecular complexity index is 656. The van der Waals surface area contributed by atoms with E-state index in [4.69, 9.17) is 4.74 Å². The molecule has 1 aromatic heterocycles. The molecule has 0 amide bonds. The topological polar surface area (TPSA) is 50.5 Å². The highest BCUT2D eigenvalue weighted by Gasteiger charge is 2.36. The number of rotatable bonds is 5. The summed E-state index contributed by atoms with van der Waals surface area (Å²) < 4.78 is 7.61. The maximum Gasteiger partial charge on any atom is 0.0965 e. The molecule has 0 radical (unpaired) electrons. The minimum atomic E-state index is -0.703. The number of β-amino-alcohol motifs (C(OH)–C–C–N with tert-alkyl or cyclic N) is 1. The monoisotopic (exact) mass is 315 g/mol. The zero-order valence-corrected chi connectivity index (χ0v) is 14.1. The number of benzene rings is 1. The van der Waals surface area contributed by atoms with E-state index in [1.54, 1.807) is 7.11 Å². The number of ether oxygens (including phenoxy) is 1. The summed E-state index contributed by atoms with van der Waals surface area (Å²) >= 11 is 0. The summed E-state index contributed by atoms with van der Waals surface area (Å²) in [5.41, 5.74) is 2.31. The van der Waals surface area contributed by atoms with Crippen molar-refractivity contribution < 1.29 is 9.84 Å². The van der Waals surface area contributed by atoms with Crippen molar-refractivity contribution in [2.24, 2.45) is 0 Å². The molecular formula is C18H25N3O2. The molecule has 5 heteroatoms. The van der Waals surface area contributed by atoms with Crippen molar-refractivity contribution >= 4 is 0 Å². The molecule has 0 spiro atoms. The molecule has 1 N–H and O–H groups in total. The summed E-state index contributed by atoms with van der Waals surface area (Å²) in [5.74, 6) is 0. The summed E-state index contributed by atoms with van der Waals surface area (Å²) in [6.07, 6.45) is 2.52. The molecule has 0 aliphatic carbocycles. The van der Waals surface area contributed by atoms with E-state index in [0.29, 0.717) is 13.1 Å². The Morgan fingerprint density at radius 2 is 2.09 bits per heavy atom. The van der Waals surface area contributed by atoms with E-state index in [9.17, 15) is 5.11 Å². The van der Waals surface area contributed by atoms with Gasteiger partial charge in [-0.2, -0.15) is 0 Å². The normalized spacial score (nSPS) is 23.3. The summed E-state index contributed by atoms with van der Waals surface area (Å²) in [6.45, 7) is 4.17. The van der Waals surface area contributed by atoms with Crippen LogP contribution in [0.15, 0.2) is 36.7 Å². The van der Waals surface area contributed by atoms with Gasteiger partial charge in [-0.1, -0.05) is 30.3 Å². The maximum atomic E-state index is 10.8. The summed E-state index contributed by atoms with van der Waals surface area (Å²) in [4.78, 5) is 6.77. The van der Waals surface area contributed by atoms with Gasteiger partial charge >= 0.3 is 0 Å². The van der Waals surface area contributed by atoms with E-state index in [-0.39, 0.29) is 6.10 Å². The first-order valence-electron chi connectivity index (χ1n) is 8.06. The highest BCUT2D eigenvalue weighted by Crippen LogP contribution is 2.31. The number of hydrogen-bond donors (Lipinski definition) is 1. The first-order valence-corrected chi connectivity index (χ1v) is 8.06. The molecule has 1 aliphatic heterocycles. The first-order chi connectivity index (χ1) is 11.0. The van der Waals surface area contributed by atoms with Gasteiger partial charge in [-0.15, -0.1) is 0 Å². The molecule has 124 valence electrons. The van der Waals surface area contributed by atoms with Crippen LogP contribution < -0.4 is 0 Å². The zero-order chi connectivity index (χ0) is 16.4. The van der Waals surface area contributed by atoms with Crippen molar-refractivity contribution in [2.45, 2.75) is 31.6 Å². The molecule has 2 unspecified atom stereocenters. The lowest BCUT2D eigenvalue weighted by atomic mass is 10.0. The van der Waals surface area contributed by atoms with E-state index in [2.05, 4.69) is 26.6 Å². The van der Waals surface area contributed by atoms with Crippen molar-refractivity contribution in [1.29, 1.82) is 0 Å². The lowest BCUT2D eigenvalue weighted by Gasteiger charge is -2.25. The van der Waals surface area contributed by atoms with Crippen molar-refractivity contribution in [2.75, 3.05) is 27.2 Å². The SMILES string of the molecule is COC(C)c1c(-c2ccccc2)ncn1CC1(O)CCN(C)C1. The second-order valence-corrected chi connectivity index (χ2v) is 6.56. The predicted molar refractivity (Wildman–Crippen MR) is 90.2 cm³/mol. The third-order valence-electron chi connectivity index (χ3n) is 4.65. The Morgan fingerprint density at radius 3 is 2.70 bits per heavy atom. The molecule has 0 bridgehead atoms. The Morgan fingerprint density at radius 1 is 1.35 bits per heavy atom. The Kier molecular flexibility index (Phi) is 4.53. The number of likely N-dealkylation sites (N-methyl/N-ethyl adjacent to an activating group) is 1. The van der Waals surface area contributed by atoms with Crippen LogP contribution in [0.5, 0.6) is 0 Å². The number of aromatic nitrogens is 2. The smallest absolute Gasteiger partial charge is 0.0965 e. The molecule has 1 aromatic carbocycles. The Balaban J connectivity index is 1.96. The van der Waals surface area contributed by atoms with E-state index in [1.165, 1.54) is 0 Å². The van der Waals surface area contributed by atoms with Gasteiger partial charge in [-0.05, 0) is 20.4 Å². The highest BCUT2D eigenvalue weighted by atomic mass is 16.5. The van der Waals surface area contributed by atoms with Gasteiger partial charge < -0.3 is 19.3 Å². The number of aliphatic hydroxyl groups is 1. The molecule has 2 aromatic rings. The fourth-order valence-corrected chi connectivity index (χ4v) is 3.38. The number of methoxy groups -OCH3 is 1. The lowest BCUT2D eigenvalue weighted by molar-refractivity contribution is 0.0302. The Labute approximate surface area is 137 Å². The molecule has 1 fully saturated rings. The molecule has 2 heterocycles.